The zero-order valence-corrected chi connectivity index (χ0v) is 12.6. The fraction of sp³-hybridized carbons (Fsp3) is 0.438. The summed E-state index contributed by atoms with van der Waals surface area (Å²) in [5.41, 5.74) is 2.56. The van der Waals surface area contributed by atoms with Crippen LogP contribution in [0.25, 0.3) is 0 Å². The molecule has 0 aliphatic carbocycles. The van der Waals surface area contributed by atoms with Crippen molar-refractivity contribution < 1.29 is 4.74 Å². The first-order valence-electron chi connectivity index (χ1n) is 7.10. The Labute approximate surface area is 124 Å². The van der Waals surface area contributed by atoms with Crippen molar-refractivity contribution in [1.29, 1.82) is 0 Å². The Kier molecular flexibility index (Phi) is 4.45. The van der Waals surface area contributed by atoms with Gasteiger partial charge in [0, 0.05) is 18.5 Å². The number of rotatable bonds is 4. The van der Waals surface area contributed by atoms with Crippen LogP contribution in [0.5, 0.6) is 0 Å². The van der Waals surface area contributed by atoms with E-state index in [0.717, 1.165) is 37.7 Å². The van der Waals surface area contributed by atoms with E-state index in [-0.39, 0.29) is 0 Å². The molecule has 3 nitrogen and oxygen atoms in total. The van der Waals surface area contributed by atoms with E-state index in [1.807, 2.05) is 0 Å². The standard InChI is InChI=1S/C16H20N2OS/c1-13-17-15(12-20-13)16-11-19-10-9-18(16)8-7-14-5-3-2-4-6-14/h2-6,12,16H,7-11H2,1H3/t16-/m1/s1. The van der Waals surface area contributed by atoms with Crippen molar-refractivity contribution in [3.63, 3.8) is 0 Å². The molecule has 1 aromatic carbocycles. The maximum absolute atomic E-state index is 5.65. The summed E-state index contributed by atoms with van der Waals surface area (Å²) in [5.74, 6) is 0. The number of aryl methyl sites for hydroxylation is 1. The first kappa shape index (κ1) is 13.7. The van der Waals surface area contributed by atoms with Gasteiger partial charge in [-0.2, -0.15) is 0 Å². The molecule has 20 heavy (non-hydrogen) atoms. The zero-order chi connectivity index (χ0) is 13.8. The molecule has 0 spiro atoms. The fourth-order valence-electron chi connectivity index (χ4n) is 2.63. The minimum Gasteiger partial charge on any atom is -0.378 e. The highest BCUT2D eigenvalue weighted by Gasteiger charge is 2.25. The van der Waals surface area contributed by atoms with Gasteiger partial charge < -0.3 is 4.74 Å². The molecule has 2 aromatic rings. The van der Waals surface area contributed by atoms with Gasteiger partial charge in [-0.15, -0.1) is 11.3 Å². The van der Waals surface area contributed by atoms with Gasteiger partial charge in [-0.25, -0.2) is 4.98 Å². The average molecular weight is 288 g/mol. The van der Waals surface area contributed by atoms with Crippen LogP contribution in [0.1, 0.15) is 22.3 Å². The van der Waals surface area contributed by atoms with Crippen LogP contribution in [0, 0.1) is 6.92 Å². The predicted molar refractivity (Wildman–Crippen MR) is 82.1 cm³/mol. The summed E-state index contributed by atoms with van der Waals surface area (Å²) in [6.07, 6.45) is 1.08. The maximum atomic E-state index is 5.65. The minimum atomic E-state index is 0.317. The van der Waals surface area contributed by atoms with E-state index in [9.17, 15) is 0 Å². The summed E-state index contributed by atoms with van der Waals surface area (Å²) < 4.78 is 5.65. The lowest BCUT2D eigenvalue weighted by Gasteiger charge is -2.34. The van der Waals surface area contributed by atoms with Gasteiger partial charge in [0.2, 0.25) is 0 Å². The van der Waals surface area contributed by atoms with E-state index in [1.54, 1.807) is 11.3 Å². The first-order chi connectivity index (χ1) is 9.83. The first-order valence-corrected chi connectivity index (χ1v) is 7.98. The fourth-order valence-corrected chi connectivity index (χ4v) is 3.29. The van der Waals surface area contributed by atoms with E-state index in [0.29, 0.717) is 6.04 Å². The van der Waals surface area contributed by atoms with Crippen LogP contribution < -0.4 is 0 Å². The Morgan fingerprint density at radius 3 is 2.95 bits per heavy atom. The number of thiazole rings is 1. The number of hydrogen-bond acceptors (Lipinski definition) is 4. The maximum Gasteiger partial charge on any atom is 0.0898 e. The highest BCUT2D eigenvalue weighted by molar-refractivity contribution is 7.09. The average Bonchev–Trinajstić information content (AvgIpc) is 2.93. The largest absolute Gasteiger partial charge is 0.378 e. The van der Waals surface area contributed by atoms with Gasteiger partial charge in [0.1, 0.15) is 0 Å². The van der Waals surface area contributed by atoms with Crippen molar-refractivity contribution in [3.05, 3.63) is 52.0 Å². The Morgan fingerprint density at radius 1 is 1.35 bits per heavy atom. The normalized spacial score (nSPS) is 20.1. The quantitative estimate of drug-likeness (QED) is 0.864. The number of aromatic nitrogens is 1. The molecule has 0 saturated carbocycles. The number of benzene rings is 1. The lowest BCUT2D eigenvalue weighted by Crippen LogP contribution is -2.40. The SMILES string of the molecule is Cc1nc([C@H]2COCCN2CCc2ccccc2)cs1. The summed E-state index contributed by atoms with van der Waals surface area (Å²) in [6.45, 7) is 5.71. The van der Waals surface area contributed by atoms with Crippen LogP contribution in [0.4, 0.5) is 0 Å². The van der Waals surface area contributed by atoms with Crippen molar-refractivity contribution >= 4 is 11.3 Å². The molecule has 0 bridgehead atoms. The lowest BCUT2D eigenvalue weighted by atomic mass is 10.1. The van der Waals surface area contributed by atoms with Crippen molar-refractivity contribution in [2.24, 2.45) is 0 Å². The van der Waals surface area contributed by atoms with Crippen LogP contribution in [-0.4, -0.2) is 36.2 Å². The van der Waals surface area contributed by atoms with Crippen LogP contribution in [0.3, 0.4) is 0 Å². The summed E-state index contributed by atoms with van der Waals surface area (Å²) >= 11 is 1.72. The van der Waals surface area contributed by atoms with Gasteiger partial charge in [-0.1, -0.05) is 30.3 Å². The molecule has 0 radical (unpaired) electrons. The summed E-state index contributed by atoms with van der Waals surface area (Å²) in [7, 11) is 0. The summed E-state index contributed by atoms with van der Waals surface area (Å²) in [4.78, 5) is 7.14. The van der Waals surface area contributed by atoms with Gasteiger partial charge in [-0.3, -0.25) is 4.90 Å². The Morgan fingerprint density at radius 2 is 2.20 bits per heavy atom. The predicted octanol–water partition coefficient (Wildman–Crippen LogP) is 3.07. The monoisotopic (exact) mass is 288 g/mol. The second-order valence-corrected chi connectivity index (χ2v) is 6.22. The van der Waals surface area contributed by atoms with Crippen molar-refractivity contribution in [3.8, 4) is 0 Å². The highest BCUT2D eigenvalue weighted by atomic mass is 32.1. The van der Waals surface area contributed by atoms with Crippen LogP contribution in [0.2, 0.25) is 0 Å². The Hall–Kier alpha value is -1.23. The van der Waals surface area contributed by atoms with Gasteiger partial charge in [0.05, 0.1) is 30.0 Å². The van der Waals surface area contributed by atoms with E-state index in [4.69, 9.17) is 4.74 Å². The van der Waals surface area contributed by atoms with Crippen molar-refractivity contribution in [2.75, 3.05) is 26.3 Å². The highest BCUT2D eigenvalue weighted by Crippen LogP contribution is 2.25. The molecule has 1 aliphatic heterocycles. The molecular formula is C16H20N2OS. The number of hydrogen-bond donors (Lipinski definition) is 0. The molecule has 0 amide bonds. The molecule has 1 aliphatic rings. The third-order valence-electron chi connectivity index (χ3n) is 3.75. The summed E-state index contributed by atoms with van der Waals surface area (Å²) in [5, 5.41) is 3.30. The van der Waals surface area contributed by atoms with Gasteiger partial charge in [-0.05, 0) is 18.9 Å². The molecule has 3 rings (SSSR count). The van der Waals surface area contributed by atoms with Gasteiger partial charge >= 0.3 is 0 Å². The number of ether oxygens (including phenoxy) is 1. The zero-order valence-electron chi connectivity index (χ0n) is 11.8. The molecule has 2 heterocycles. The molecule has 1 fully saturated rings. The van der Waals surface area contributed by atoms with E-state index >= 15 is 0 Å². The Balaban J connectivity index is 1.66. The van der Waals surface area contributed by atoms with E-state index in [2.05, 4.69) is 52.5 Å². The lowest BCUT2D eigenvalue weighted by molar-refractivity contribution is -0.00919. The molecular weight excluding hydrogens is 268 g/mol. The van der Waals surface area contributed by atoms with Crippen LogP contribution in [0.15, 0.2) is 35.7 Å². The third-order valence-corrected chi connectivity index (χ3v) is 4.54. The minimum absolute atomic E-state index is 0.317. The molecule has 1 atom stereocenters. The summed E-state index contributed by atoms with van der Waals surface area (Å²) in [6, 6.07) is 11.0. The number of nitrogens with zero attached hydrogens (tertiary/aromatic N) is 2. The van der Waals surface area contributed by atoms with E-state index in [1.165, 1.54) is 11.3 Å². The molecule has 0 N–H and O–H groups in total. The van der Waals surface area contributed by atoms with Crippen molar-refractivity contribution in [1.82, 2.24) is 9.88 Å². The van der Waals surface area contributed by atoms with Crippen LogP contribution >= 0.6 is 11.3 Å². The molecule has 1 aromatic heterocycles. The number of morpholine rings is 1. The van der Waals surface area contributed by atoms with Gasteiger partial charge in [0.15, 0.2) is 0 Å². The van der Waals surface area contributed by atoms with Crippen molar-refractivity contribution in [2.45, 2.75) is 19.4 Å². The van der Waals surface area contributed by atoms with Gasteiger partial charge in [0.25, 0.3) is 0 Å². The second kappa shape index (κ2) is 6.48. The second-order valence-electron chi connectivity index (χ2n) is 5.15. The third kappa shape index (κ3) is 3.26. The molecule has 4 heteroatoms. The Bertz CT molecular complexity index is 540. The molecule has 0 unspecified atom stereocenters. The van der Waals surface area contributed by atoms with Crippen LogP contribution in [-0.2, 0) is 11.2 Å². The molecule has 1 saturated heterocycles. The topological polar surface area (TPSA) is 25.4 Å². The van der Waals surface area contributed by atoms with E-state index < -0.39 is 0 Å². The smallest absolute Gasteiger partial charge is 0.0898 e. The molecule has 106 valence electrons.